The largest absolute Gasteiger partial charge is 0.494 e. The van der Waals surface area contributed by atoms with E-state index in [1.807, 2.05) is 19.1 Å². The van der Waals surface area contributed by atoms with Crippen LogP contribution < -0.4 is 20.3 Å². The Morgan fingerprint density at radius 3 is 2.66 bits per heavy atom. The van der Waals surface area contributed by atoms with Crippen molar-refractivity contribution in [3.8, 4) is 5.75 Å². The quantitative estimate of drug-likeness (QED) is 0.554. The number of aryl methyl sites for hydroxylation is 1. The minimum absolute atomic E-state index is 0.112. The summed E-state index contributed by atoms with van der Waals surface area (Å²) in [5, 5.41) is 9.67. The summed E-state index contributed by atoms with van der Waals surface area (Å²) in [6, 6.07) is 5.67. The second kappa shape index (κ2) is 10.7. The van der Waals surface area contributed by atoms with Crippen LogP contribution in [0.3, 0.4) is 0 Å². The normalized spacial score (nSPS) is 19.0. The van der Waals surface area contributed by atoms with Gasteiger partial charge in [-0.1, -0.05) is 25.9 Å². The molecule has 9 nitrogen and oxygen atoms in total. The highest BCUT2D eigenvalue weighted by atomic mass is 16.5. The van der Waals surface area contributed by atoms with Gasteiger partial charge in [0.25, 0.3) is 5.91 Å². The van der Waals surface area contributed by atoms with Gasteiger partial charge in [0.05, 0.1) is 6.61 Å². The highest BCUT2D eigenvalue weighted by molar-refractivity contribution is 5.99. The van der Waals surface area contributed by atoms with Gasteiger partial charge in [-0.3, -0.25) is 9.59 Å². The molecule has 0 bridgehead atoms. The minimum atomic E-state index is -0.447. The number of hydrogen-bond donors (Lipinski definition) is 2. The third kappa shape index (κ3) is 6.32. The molecule has 2 fully saturated rings. The molecule has 4 rings (SSSR count). The zero-order chi connectivity index (χ0) is 25.0. The summed E-state index contributed by atoms with van der Waals surface area (Å²) >= 11 is 0. The summed E-state index contributed by atoms with van der Waals surface area (Å²) in [7, 11) is 0. The third-order valence-electron chi connectivity index (χ3n) is 6.79. The van der Waals surface area contributed by atoms with Gasteiger partial charge in [-0.15, -0.1) is 0 Å². The molecule has 0 aliphatic carbocycles. The van der Waals surface area contributed by atoms with Crippen LogP contribution in [0.5, 0.6) is 5.75 Å². The van der Waals surface area contributed by atoms with Gasteiger partial charge in [0.1, 0.15) is 11.8 Å². The van der Waals surface area contributed by atoms with Crippen molar-refractivity contribution < 1.29 is 18.8 Å². The second-order valence-electron chi connectivity index (χ2n) is 10.7. The lowest BCUT2D eigenvalue weighted by Crippen LogP contribution is -2.40. The van der Waals surface area contributed by atoms with Gasteiger partial charge in [0.2, 0.25) is 5.91 Å². The predicted octanol–water partition coefficient (Wildman–Crippen LogP) is 3.37. The van der Waals surface area contributed by atoms with Crippen molar-refractivity contribution in [1.82, 2.24) is 20.8 Å². The molecule has 0 saturated carbocycles. The molecular formula is C26H37N5O4. The van der Waals surface area contributed by atoms with Crippen LogP contribution in [0.15, 0.2) is 22.7 Å². The fourth-order valence-corrected chi connectivity index (χ4v) is 4.57. The maximum Gasteiger partial charge on any atom is 0.324 e. The topological polar surface area (TPSA) is 110 Å². The molecule has 0 unspecified atom stereocenters. The molecular weight excluding hydrogens is 446 g/mol. The van der Waals surface area contributed by atoms with Gasteiger partial charge >= 0.3 is 6.01 Å². The number of anilines is 1. The first-order chi connectivity index (χ1) is 16.7. The lowest BCUT2D eigenvalue weighted by molar-refractivity contribution is -0.120. The number of rotatable bonds is 8. The predicted molar refractivity (Wildman–Crippen MR) is 133 cm³/mol. The van der Waals surface area contributed by atoms with Crippen LogP contribution in [0, 0.1) is 12.8 Å². The SMILES string of the molecule is Cc1cc(OCCCC2CCN(c3nc(C(C)(C)C)no3)CC2)ccc1C(=O)N[C@@H]1CCNC1=O. The monoisotopic (exact) mass is 483 g/mol. The number of ether oxygens (including phenoxy) is 1. The van der Waals surface area contributed by atoms with Crippen molar-refractivity contribution in [2.24, 2.45) is 5.92 Å². The zero-order valence-corrected chi connectivity index (χ0v) is 21.2. The Morgan fingerprint density at radius 2 is 2.03 bits per heavy atom. The van der Waals surface area contributed by atoms with Crippen LogP contribution in [0.1, 0.15) is 74.6 Å². The molecule has 2 N–H and O–H groups in total. The first-order valence-corrected chi connectivity index (χ1v) is 12.6. The van der Waals surface area contributed by atoms with E-state index in [0.717, 1.165) is 55.9 Å². The van der Waals surface area contributed by atoms with Crippen molar-refractivity contribution in [2.45, 2.75) is 71.3 Å². The molecule has 2 aromatic rings. The van der Waals surface area contributed by atoms with Gasteiger partial charge in [-0.05, 0) is 68.7 Å². The summed E-state index contributed by atoms with van der Waals surface area (Å²) in [5.41, 5.74) is 1.29. The lowest BCUT2D eigenvalue weighted by Gasteiger charge is -2.30. The number of hydrogen-bond acceptors (Lipinski definition) is 7. The molecule has 0 radical (unpaired) electrons. The molecule has 2 aliphatic rings. The van der Waals surface area contributed by atoms with E-state index in [1.54, 1.807) is 6.07 Å². The van der Waals surface area contributed by atoms with Crippen LogP contribution in [0.25, 0.3) is 0 Å². The first-order valence-electron chi connectivity index (χ1n) is 12.6. The van der Waals surface area contributed by atoms with Crippen LogP contribution in [0.2, 0.25) is 0 Å². The van der Waals surface area contributed by atoms with Crippen molar-refractivity contribution in [3.05, 3.63) is 35.2 Å². The highest BCUT2D eigenvalue weighted by Gasteiger charge is 2.27. The number of carbonyl (C=O) groups is 2. The molecule has 1 aromatic heterocycles. The van der Waals surface area contributed by atoms with Gasteiger partial charge < -0.3 is 24.8 Å². The Labute approximate surface area is 207 Å². The molecule has 190 valence electrons. The fraction of sp³-hybridized carbons (Fsp3) is 0.615. The minimum Gasteiger partial charge on any atom is -0.494 e. The number of benzene rings is 1. The lowest BCUT2D eigenvalue weighted by atomic mass is 9.92. The Morgan fingerprint density at radius 1 is 1.26 bits per heavy atom. The van der Waals surface area contributed by atoms with E-state index >= 15 is 0 Å². The van der Waals surface area contributed by atoms with E-state index in [1.165, 1.54) is 0 Å². The van der Waals surface area contributed by atoms with Gasteiger partial charge in [-0.25, -0.2) is 0 Å². The summed E-state index contributed by atoms with van der Waals surface area (Å²) in [6.45, 7) is 11.3. The van der Waals surface area contributed by atoms with Crippen molar-refractivity contribution in [1.29, 1.82) is 0 Å². The van der Waals surface area contributed by atoms with E-state index in [-0.39, 0.29) is 17.2 Å². The van der Waals surface area contributed by atoms with Crippen LogP contribution in [-0.2, 0) is 10.2 Å². The van der Waals surface area contributed by atoms with Crippen molar-refractivity contribution in [3.63, 3.8) is 0 Å². The number of nitrogens with one attached hydrogen (secondary N) is 2. The second-order valence-corrected chi connectivity index (χ2v) is 10.7. The molecule has 2 aliphatic heterocycles. The highest BCUT2D eigenvalue weighted by Crippen LogP contribution is 2.27. The van der Waals surface area contributed by atoms with E-state index in [0.29, 0.717) is 37.1 Å². The smallest absolute Gasteiger partial charge is 0.324 e. The molecule has 2 amide bonds. The molecule has 0 spiro atoms. The zero-order valence-electron chi connectivity index (χ0n) is 21.2. The first kappa shape index (κ1) is 25.0. The number of amides is 2. The fourth-order valence-electron chi connectivity index (χ4n) is 4.57. The Kier molecular flexibility index (Phi) is 7.62. The molecule has 1 atom stereocenters. The number of piperidine rings is 1. The third-order valence-corrected chi connectivity index (χ3v) is 6.79. The average Bonchev–Trinajstić information content (AvgIpc) is 3.47. The molecule has 35 heavy (non-hydrogen) atoms. The summed E-state index contributed by atoms with van der Waals surface area (Å²) in [4.78, 5) is 31.0. The maximum atomic E-state index is 12.5. The number of aromatic nitrogens is 2. The van der Waals surface area contributed by atoms with Gasteiger partial charge in [0, 0.05) is 30.6 Å². The van der Waals surface area contributed by atoms with E-state index in [2.05, 4.69) is 46.4 Å². The summed E-state index contributed by atoms with van der Waals surface area (Å²) in [5.74, 6) is 1.83. The van der Waals surface area contributed by atoms with Crippen molar-refractivity contribution >= 4 is 17.8 Å². The van der Waals surface area contributed by atoms with Crippen LogP contribution in [-0.4, -0.2) is 54.2 Å². The Hall–Kier alpha value is -3.10. The van der Waals surface area contributed by atoms with Crippen LogP contribution >= 0.6 is 0 Å². The Balaban J connectivity index is 1.17. The summed E-state index contributed by atoms with van der Waals surface area (Å²) < 4.78 is 11.4. The average molecular weight is 484 g/mol. The van der Waals surface area contributed by atoms with Crippen molar-refractivity contribution in [2.75, 3.05) is 31.1 Å². The Bertz CT molecular complexity index is 1040. The number of carbonyl (C=O) groups excluding carboxylic acids is 2. The molecule has 2 saturated heterocycles. The van der Waals surface area contributed by atoms with Gasteiger partial charge in [0.15, 0.2) is 5.82 Å². The van der Waals surface area contributed by atoms with Gasteiger partial charge in [-0.2, -0.15) is 4.98 Å². The van der Waals surface area contributed by atoms with E-state index in [4.69, 9.17) is 9.26 Å². The van der Waals surface area contributed by atoms with Crippen LogP contribution in [0.4, 0.5) is 6.01 Å². The summed E-state index contributed by atoms with van der Waals surface area (Å²) in [6.07, 6.45) is 4.94. The molecule has 1 aromatic carbocycles. The van der Waals surface area contributed by atoms with E-state index < -0.39 is 6.04 Å². The standard InChI is InChI=1S/C26H37N5O4/c1-17-16-19(7-8-20(17)22(32)28-21-9-12-27-23(21)33)34-15-5-6-18-10-13-31(14-11-18)25-29-24(30-35-25)26(2,3)4/h7-8,16,18,21H,5-6,9-15H2,1-4H3,(H,27,33)(H,28,32)/t21-/m1/s1. The molecule has 3 heterocycles. The van der Waals surface area contributed by atoms with E-state index in [9.17, 15) is 9.59 Å². The maximum absolute atomic E-state index is 12.5. The molecule has 9 heteroatoms. The number of nitrogens with zero attached hydrogens (tertiary/aromatic N) is 3.